The van der Waals surface area contributed by atoms with E-state index in [2.05, 4.69) is 5.32 Å². The first-order valence-corrected chi connectivity index (χ1v) is 11.8. The van der Waals surface area contributed by atoms with Crippen LogP contribution in [0.25, 0.3) is 11.3 Å². The second-order valence-corrected chi connectivity index (χ2v) is 9.51. The molecule has 184 valence electrons. The molecule has 1 aromatic heterocycles. The predicted octanol–water partition coefficient (Wildman–Crippen LogP) is 5.61. The van der Waals surface area contributed by atoms with E-state index < -0.39 is 5.60 Å². The van der Waals surface area contributed by atoms with Crippen LogP contribution in [0.3, 0.4) is 0 Å². The number of ether oxygens (including phenoxy) is 2. The summed E-state index contributed by atoms with van der Waals surface area (Å²) in [5, 5.41) is 2.62. The summed E-state index contributed by atoms with van der Waals surface area (Å²) in [4.78, 5) is 31.6. The lowest BCUT2D eigenvalue weighted by Crippen LogP contribution is -2.42. The Morgan fingerprint density at radius 2 is 1.74 bits per heavy atom. The monoisotopic (exact) mass is 477 g/mol. The molecule has 8 heteroatoms. The molecular weight excluding hydrogens is 446 g/mol. The molecule has 1 aliphatic rings. The molecule has 2 heterocycles. The minimum Gasteiger partial charge on any atom is -0.457 e. The summed E-state index contributed by atoms with van der Waals surface area (Å²) in [6, 6.07) is 16.9. The molecule has 35 heavy (non-hydrogen) atoms. The zero-order valence-corrected chi connectivity index (χ0v) is 20.5. The summed E-state index contributed by atoms with van der Waals surface area (Å²) in [6.07, 6.45) is 1.24. The zero-order valence-electron chi connectivity index (χ0n) is 20.5. The van der Waals surface area contributed by atoms with E-state index in [4.69, 9.17) is 18.9 Å². The van der Waals surface area contributed by atoms with Crippen molar-refractivity contribution in [3.05, 3.63) is 66.2 Å². The van der Waals surface area contributed by atoms with Crippen molar-refractivity contribution in [2.75, 3.05) is 20.1 Å². The highest BCUT2D eigenvalue weighted by atomic mass is 16.6. The molecule has 3 aromatic rings. The number of oxazole rings is 1. The smallest absolute Gasteiger partial charge is 0.410 e. The third-order valence-electron chi connectivity index (χ3n) is 5.61. The lowest BCUT2D eigenvalue weighted by Gasteiger charge is -2.32. The number of para-hydroxylation sites is 1. The van der Waals surface area contributed by atoms with Crippen LogP contribution in [-0.4, -0.2) is 47.6 Å². The van der Waals surface area contributed by atoms with Crippen LogP contribution in [0.5, 0.6) is 11.5 Å². The van der Waals surface area contributed by atoms with Crippen LogP contribution in [0.2, 0.25) is 0 Å². The van der Waals surface area contributed by atoms with Crippen molar-refractivity contribution < 1.29 is 23.5 Å². The molecule has 0 spiro atoms. The highest BCUT2D eigenvalue weighted by Gasteiger charge is 2.32. The molecule has 2 amide bonds. The van der Waals surface area contributed by atoms with Crippen LogP contribution in [0, 0.1) is 0 Å². The molecular formula is C27H31N3O5. The van der Waals surface area contributed by atoms with E-state index in [1.54, 1.807) is 11.9 Å². The average Bonchev–Trinajstić information content (AvgIpc) is 3.29. The van der Waals surface area contributed by atoms with Crippen LogP contribution in [0.4, 0.5) is 4.79 Å². The molecule has 8 nitrogen and oxygen atoms in total. The first-order chi connectivity index (χ1) is 16.7. The van der Waals surface area contributed by atoms with Gasteiger partial charge in [0.15, 0.2) is 0 Å². The molecule has 0 aliphatic carbocycles. The molecule has 1 aliphatic heterocycles. The molecule has 1 saturated heterocycles. The number of rotatable bonds is 5. The molecule has 2 aromatic carbocycles. The number of aromatic nitrogens is 1. The summed E-state index contributed by atoms with van der Waals surface area (Å²) in [6.45, 7) is 6.57. The largest absolute Gasteiger partial charge is 0.457 e. The summed E-state index contributed by atoms with van der Waals surface area (Å²) in [5.74, 6) is 1.51. The molecule has 0 saturated carbocycles. The topological polar surface area (TPSA) is 93.9 Å². The third-order valence-corrected chi connectivity index (χ3v) is 5.61. The first kappa shape index (κ1) is 24.3. The fourth-order valence-electron chi connectivity index (χ4n) is 3.95. The molecule has 4 rings (SSSR count). The average molecular weight is 478 g/mol. The second-order valence-electron chi connectivity index (χ2n) is 9.51. The van der Waals surface area contributed by atoms with Crippen molar-refractivity contribution in [3.8, 4) is 22.8 Å². The fourth-order valence-corrected chi connectivity index (χ4v) is 3.95. The van der Waals surface area contributed by atoms with Crippen molar-refractivity contribution >= 4 is 12.0 Å². The number of carbonyl (C=O) groups is 2. The van der Waals surface area contributed by atoms with E-state index in [-0.39, 0.29) is 23.7 Å². The number of hydrogen-bond donors (Lipinski definition) is 1. The van der Waals surface area contributed by atoms with Gasteiger partial charge in [-0.05, 0) is 70.0 Å². The van der Waals surface area contributed by atoms with Gasteiger partial charge < -0.3 is 24.1 Å². The minimum absolute atomic E-state index is 0.130. The lowest BCUT2D eigenvalue weighted by atomic mass is 9.98. The van der Waals surface area contributed by atoms with Crippen molar-refractivity contribution in [3.63, 3.8) is 0 Å². The van der Waals surface area contributed by atoms with E-state index in [9.17, 15) is 9.59 Å². The minimum atomic E-state index is -0.567. The number of piperidine rings is 1. The number of benzene rings is 2. The van der Waals surface area contributed by atoms with E-state index in [0.29, 0.717) is 30.4 Å². The van der Waals surface area contributed by atoms with E-state index in [1.165, 1.54) is 0 Å². The van der Waals surface area contributed by atoms with Crippen molar-refractivity contribution in [2.45, 2.75) is 45.1 Å². The standard InChI is InChI=1S/C27H31N3O5/c1-27(2,3)35-26(32)30-16-8-9-19(17-30)25-29-22(23(34-25)24(31)28-4)18-12-14-21(15-13-18)33-20-10-6-5-7-11-20/h5-7,10-15,19H,8-9,16-17H2,1-4H3,(H,28,31). The van der Waals surface area contributed by atoms with E-state index >= 15 is 0 Å². The van der Waals surface area contributed by atoms with Gasteiger partial charge in [0.05, 0.1) is 5.92 Å². The first-order valence-electron chi connectivity index (χ1n) is 11.8. The number of likely N-dealkylation sites (tertiary alicyclic amines) is 1. The van der Waals surface area contributed by atoms with Gasteiger partial charge in [0, 0.05) is 25.7 Å². The SMILES string of the molecule is CNC(=O)c1oc(C2CCCN(C(=O)OC(C)(C)C)C2)nc1-c1ccc(Oc2ccccc2)cc1. The van der Waals surface area contributed by atoms with Gasteiger partial charge in [0.2, 0.25) is 11.7 Å². The highest BCUT2D eigenvalue weighted by molar-refractivity contribution is 5.97. The Morgan fingerprint density at radius 1 is 1.06 bits per heavy atom. The Labute approximate surface area is 205 Å². The fraction of sp³-hybridized carbons (Fsp3) is 0.370. The molecule has 1 N–H and O–H groups in total. The maximum absolute atomic E-state index is 12.6. The molecule has 0 radical (unpaired) electrons. The van der Waals surface area contributed by atoms with Gasteiger partial charge in [0.25, 0.3) is 5.91 Å². The van der Waals surface area contributed by atoms with Crippen LogP contribution in [0.1, 0.15) is 56.0 Å². The van der Waals surface area contributed by atoms with Gasteiger partial charge in [-0.3, -0.25) is 4.79 Å². The Hall–Kier alpha value is -3.81. The summed E-state index contributed by atoms with van der Waals surface area (Å²) >= 11 is 0. The van der Waals surface area contributed by atoms with Crippen LogP contribution >= 0.6 is 0 Å². The van der Waals surface area contributed by atoms with Crippen LogP contribution in [-0.2, 0) is 4.74 Å². The van der Waals surface area contributed by atoms with Crippen LogP contribution < -0.4 is 10.1 Å². The van der Waals surface area contributed by atoms with Gasteiger partial charge in [-0.25, -0.2) is 9.78 Å². The van der Waals surface area contributed by atoms with E-state index in [0.717, 1.165) is 24.2 Å². The highest BCUT2D eigenvalue weighted by Crippen LogP contribution is 2.33. The Bertz CT molecular complexity index is 1170. The summed E-state index contributed by atoms with van der Waals surface area (Å²) in [5.41, 5.74) is 0.627. The quantitative estimate of drug-likeness (QED) is 0.513. The summed E-state index contributed by atoms with van der Waals surface area (Å²) in [7, 11) is 1.55. The van der Waals surface area contributed by atoms with E-state index in [1.807, 2.05) is 75.4 Å². The van der Waals surface area contributed by atoms with Crippen LogP contribution in [0.15, 0.2) is 59.0 Å². The predicted molar refractivity (Wildman–Crippen MR) is 132 cm³/mol. The van der Waals surface area contributed by atoms with Gasteiger partial charge in [-0.15, -0.1) is 0 Å². The molecule has 1 unspecified atom stereocenters. The normalized spacial score (nSPS) is 16.0. The maximum Gasteiger partial charge on any atom is 0.410 e. The van der Waals surface area contributed by atoms with Crippen molar-refractivity contribution in [1.29, 1.82) is 0 Å². The van der Waals surface area contributed by atoms with Gasteiger partial charge in [-0.2, -0.15) is 0 Å². The molecule has 0 bridgehead atoms. The summed E-state index contributed by atoms with van der Waals surface area (Å²) < 4.78 is 17.4. The van der Waals surface area contributed by atoms with Gasteiger partial charge >= 0.3 is 6.09 Å². The van der Waals surface area contributed by atoms with Gasteiger partial charge in [-0.1, -0.05) is 18.2 Å². The Kier molecular flexibility index (Phi) is 7.10. The number of carbonyl (C=O) groups excluding carboxylic acids is 2. The lowest BCUT2D eigenvalue weighted by molar-refractivity contribution is 0.0190. The van der Waals surface area contributed by atoms with Crippen molar-refractivity contribution in [2.24, 2.45) is 0 Å². The number of hydrogen-bond acceptors (Lipinski definition) is 6. The third kappa shape index (κ3) is 6.01. The van der Waals surface area contributed by atoms with Crippen molar-refractivity contribution in [1.82, 2.24) is 15.2 Å². The second kappa shape index (κ2) is 10.2. The van der Waals surface area contributed by atoms with Gasteiger partial charge in [0.1, 0.15) is 22.8 Å². The maximum atomic E-state index is 12.6. The number of nitrogens with zero attached hydrogens (tertiary/aromatic N) is 2. The molecule has 1 atom stereocenters. The Balaban J connectivity index is 1.56. The Morgan fingerprint density at radius 3 is 2.40 bits per heavy atom. The molecule has 1 fully saturated rings. The number of amides is 2. The zero-order chi connectivity index (χ0) is 25.0. The number of nitrogens with one attached hydrogen (secondary N) is 1.